The van der Waals surface area contributed by atoms with E-state index in [0.29, 0.717) is 0 Å². The van der Waals surface area contributed by atoms with Crippen molar-refractivity contribution in [2.45, 2.75) is 41.5 Å². The first-order valence-electron chi connectivity index (χ1n) is 4.45. The maximum Gasteiger partial charge on any atom is -0.0401 e. The second-order valence-corrected chi connectivity index (χ2v) is 2.23. The lowest BCUT2D eigenvalue weighted by Crippen LogP contribution is -1.67. The Morgan fingerprint density at radius 1 is 0.833 bits per heavy atom. The second-order valence-electron chi connectivity index (χ2n) is 2.23. The van der Waals surface area contributed by atoms with E-state index in [9.17, 15) is 0 Å². The molecule has 0 heteroatoms. The van der Waals surface area contributed by atoms with Crippen molar-refractivity contribution in [3.05, 3.63) is 36.5 Å². The third kappa shape index (κ3) is 35.0. The highest BCUT2D eigenvalue weighted by molar-refractivity contribution is 5.19. The van der Waals surface area contributed by atoms with Gasteiger partial charge in [-0.25, -0.2) is 0 Å². The van der Waals surface area contributed by atoms with Crippen molar-refractivity contribution in [3.63, 3.8) is 0 Å². The standard InChI is InChI=1S/C6H10.C4H8.C2H6/c1-5(2)6(3)4;1-3-4-2;1-2/h1,3H2,2,4H3;3-4H,1-2H3;1-2H3/b;4-3-;. The van der Waals surface area contributed by atoms with Gasteiger partial charge < -0.3 is 0 Å². The van der Waals surface area contributed by atoms with Crippen molar-refractivity contribution in [1.29, 1.82) is 0 Å². The third-order valence-corrected chi connectivity index (χ3v) is 1.06. The Morgan fingerprint density at radius 3 is 1.00 bits per heavy atom. The molecule has 0 spiro atoms. The van der Waals surface area contributed by atoms with Crippen molar-refractivity contribution in [1.82, 2.24) is 0 Å². The SMILES string of the molecule is C/C=C\C.C=C(C)C(=C)C.CC. The van der Waals surface area contributed by atoms with E-state index in [1.54, 1.807) is 0 Å². The molecule has 0 fully saturated rings. The van der Waals surface area contributed by atoms with E-state index in [2.05, 4.69) is 13.2 Å². The van der Waals surface area contributed by atoms with Gasteiger partial charge in [0.05, 0.1) is 0 Å². The van der Waals surface area contributed by atoms with Gasteiger partial charge in [-0.15, -0.1) is 0 Å². The summed E-state index contributed by atoms with van der Waals surface area (Å²) in [7, 11) is 0. The topological polar surface area (TPSA) is 0 Å². The molecule has 0 aliphatic carbocycles. The highest BCUT2D eigenvalue weighted by atomic mass is 13.8. The first-order chi connectivity index (χ1) is 5.56. The molecule has 0 N–H and O–H groups in total. The summed E-state index contributed by atoms with van der Waals surface area (Å²) in [6, 6.07) is 0. The molecular weight excluding hydrogens is 144 g/mol. The summed E-state index contributed by atoms with van der Waals surface area (Å²) >= 11 is 0. The minimum atomic E-state index is 1.06. The average Bonchev–Trinajstić information content (AvgIpc) is 2.08. The molecule has 0 saturated carbocycles. The van der Waals surface area contributed by atoms with Crippen LogP contribution in [0.3, 0.4) is 0 Å². The number of rotatable bonds is 1. The Kier molecular flexibility index (Phi) is 24.1. The molecule has 0 aliphatic heterocycles. The Hall–Kier alpha value is -0.780. The van der Waals surface area contributed by atoms with E-state index in [0.717, 1.165) is 11.1 Å². The molecule has 0 heterocycles. The molecule has 0 radical (unpaired) electrons. The Labute approximate surface area is 78.7 Å². The van der Waals surface area contributed by atoms with Crippen LogP contribution in [0.4, 0.5) is 0 Å². The van der Waals surface area contributed by atoms with Gasteiger partial charge in [0.2, 0.25) is 0 Å². The largest absolute Gasteiger partial charge is 0.0959 e. The zero-order valence-corrected chi connectivity index (χ0v) is 9.57. The monoisotopic (exact) mass is 168 g/mol. The molecule has 72 valence electrons. The normalized spacial score (nSPS) is 7.50. The van der Waals surface area contributed by atoms with Gasteiger partial charge in [0.15, 0.2) is 0 Å². The predicted octanol–water partition coefficient (Wildman–Crippen LogP) is 4.75. The molecule has 0 atom stereocenters. The maximum absolute atomic E-state index is 3.66. The van der Waals surface area contributed by atoms with Crippen LogP contribution in [0, 0.1) is 0 Å². The third-order valence-electron chi connectivity index (χ3n) is 1.06. The van der Waals surface area contributed by atoms with Gasteiger partial charge in [-0.1, -0.05) is 50.3 Å². The van der Waals surface area contributed by atoms with E-state index in [-0.39, 0.29) is 0 Å². The van der Waals surface area contributed by atoms with Crippen molar-refractivity contribution < 1.29 is 0 Å². The smallest absolute Gasteiger partial charge is 0.0401 e. The molecule has 0 saturated heterocycles. The lowest BCUT2D eigenvalue weighted by atomic mass is 10.2. The highest BCUT2D eigenvalue weighted by Gasteiger charge is 1.77. The summed E-state index contributed by atoms with van der Waals surface area (Å²) in [4.78, 5) is 0. The van der Waals surface area contributed by atoms with Crippen LogP contribution in [-0.4, -0.2) is 0 Å². The molecule has 0 aromatic heterocycles. The molecule has 0 aromatic rings. The molecular formula is C12H24. The van der Waals surface area contributed by atoms with Gasteiger partial charge >= 0.3 is 0 Å². The van der Waals surface area contributed by atoms with Gasteiger partial charge in [-0.05, 0) is 27.7 Å². The van der Waals surface area contributed by atoms with Crippen LogP contribution in [0.25, 0.3) is 0 Å². The molecule has 0 amide bonds. The van der Waals surface area contributed by atoms with E-state index >= 15 is 0 Å². The van der Waals surface area contributed by atoms with E-state index < -0.39 is 0 Å². The van der Waals surface area contributed by atoms with Gasteiger partial charge in [-0.2, -0.15) is 0 Å². The van der Waals surface area contributed by atoms with Crippen LogP contribution < -0.4 is 0 Å². The number of hydrogen-bond acceptors (Lipinski definition) is 0. The minimum absolute atomic E-state index is 1.06. The van der Waals surface area contributed by atoms with Crippen LogP contribution in [0.5, 0.6) is 0 Å². The number of allylic oxidation sites excluding steroid dienone is 4. The van der Waals surface area contributed by atoms with Gasteiger partial charge in [-0.3, -0.25) is 0 Å². The van der Waals surface area contributed by atoms with Crippen molar-refractivity contribution >= 4 is 0 Å². The van der Waals surface area contributed by atoms with Gasteiger partial charge in [0.25, 0.3) is 0 Å². The lowest BCUT2D eigenvalue weighted by molar-refractivity contribution is 1.39. The summed E-state index contributed by atoms with van der Waals surface area (Å²) in [5, 5.41) is 0. The quantitative estimate of drug-likeness (QED) is 0.391. The Bertz CT molecular complexity index is 111. The van der Waals surface area contributed by atoms with E-state index in [4.69, 9.17) is 0 Å². The fraction of sp³-hybridized carbons (Fsp3) is 0.500. The van der Waals surface area contributed by atoms with Gasteiger partial charge in [0, 0.05) is 0 Å². The minimum Gasteiger partial charge on any atom is -0.0959 e. The highest BCUT2D eigenvalue weighted by Crippen LogP contribution is 1.98. The van der Waals surface area contributed by atoms with Crippen LogP contribution >= 0.6 is 0 Å². The summed E-state index contributed by atoms with van der Waals surface area (Å²) in [5.74, 6) is 0. The fourth-order valence-corrected chi connectivity index (χ4v) is 0. The first-order valence-corrected chi connectivity index (χ1v) is 4.45. The summed E-state index contributed by atoms with van der Waals surface area (Å²) in [6.45, 7) is 19.2. The molecule has 0 rings (SSSR count). The summed E-state index contributed by atoms with van der Waals surface area (Å²) in [5.41, 5.74) is 2.13. The van der Waals surface area contributed by atoms with Crippen LogP contribution in [0.1, 0.15) is 41.5 Å². The van der Waals surface area contributed by atoms with Crippen LogP contribution in [0.15, 0.2) is 36.5 Å². The molecule has 0 aromatic carbocycles. The average molecular weight is 168 g/mol. The first kappa shape index (κ1) is 17.3. The van der Waals surface area contributed by atoms with E-state index in [1.807, 2.05) is 53.7 Å². The molecule has 0 unspecified atom stereocenters. The lowest BCUT2D eigenvalue weighted by Gasteiger charge is -1.88. The van der Waals surface area contributed by atoms with Crippen LogP contribution in [0.2, 0.25) is 0 Å². The van der Waals surface area contributed by atoms with Crippen molar-refractivity contribution in [2.75, 3.05) is 0 Å². The zero-order valence-electron chi connectivity index (χ0n) is 9.57. The van der Waals surface area contributed by atoms with Gasteiger partial charge in [0.1, 0.15) is 0 Å². The summed E-state index contributed by atoms with van der Waals surface area (Å²) in [6.07, 6.45) is 4.00. The van der Waals surface area contributed by atoms with Crippen molar-refractivity contribution in [3.8, 4) is 0 Å². The predicted molar refractivity (Wildman–Crippen MR) is 61.5 cm³/mol. The number of hydrogen-bond donors (Lipinski definition) is 0. The summed E-state index contributed by atoms with van der Waals surface area (Å²) < 4.78 is 0. The molecule has 0 nitrogen and oxygen atoms in total. The Balaban J connectivity index is -0.000000118. The molecule has 0 bridgehead atoms. The van der Waals surface area contributed by atoms with Crippen molar-refractivity contribution in [2.24, 2.45) is 0 Å². The van der Waals surface area contributed by atoms with E-state index in [1.165, 1.54) is 0 Å². The van der Waals surface area contributed by atoms with Crippen LogP contribution in [-0.2, 0) is 0 Å². The maximum atomic E-state index is 3.66. The second kappa shape index (κ2) is 16.7. The molecule has 12 heavy (non-hydrogen) atoms. The molecule has 0 aliphatic rings. The Morgan fingerprint density at radius 2 is 1.00 bits per heavy atom. The fourth-order valence-electron chi connectivity index (χ4n) is 0. The zero-order chi connectivity index (χ0) is 10.6.